The zero-order chi connectivity index (χ0) is 13.5. The fourth-order valence-corrected chi connectivity index (χ4v) is 1.19. The number of amides is 1. The van der Waals surface area contributed by atoms with E-state index in [-0.39, 0.29) is 5.91 Å². The predicted molar refractivity (Wildman–Crippen MR) is 69.7 cm³/mol. The van der Waals surface area contributed by atoms with Crippen LogP contribution in [0, 0.1) is 0 Å². The highest BCUT2D eigenvalue weighted by Gasteiger charge is 1.93. The molecule has 0 spiro atoms. The quantitative estimate of drug-likeness (QED) is 0.449. The lowest BCUT2D eigenvalue weighted by Gasteiger charge is -2.07. The van der Waals surface area contributed by atoms with E-state index in [9.17, 15) is 4.79 Å². The standard InChI is InChI=1S/C12H26N2O4/c1-12(15)14-5-7-17-9-11-18-10-8-16-6-3-4-13-2/h13H,3-11H2,1-2H3,(H,14,15). The maximum Gasteiger partial charge on any atom is 0.216 e. The van der Waals surface area contributed by atoms with Crippen molar-refractivity contribution in [2.75, 3.05) is 59.8 Å². The molecule has 0 aromatic heterocycles. The largest absolute Gasteiger partial charge is 0.379 e. The van der Waals surface area contributed by atoms with Gasteiger partial charge in [-0.25, -0.2) is 0 Å². The van der Waals surface area contributed by atoms with Crippen molar-refractivity contribution in [2.24, 2.45) is 0 Å². The van der Waals surface area contributed by atoms with Gasteiger partial charge in [-0.15, -0.1) is 0 Å². The van der Waals surface area contributed by atoms with E-state index >= 15 is 0 Å². The Morgan fingerprint density at radius 3 is 2.00 bits per heavy atom. The molecule has 0 aromatic carbocycles. The summed E-state index contributed by atoms with van der Waals surface area (Å²) < 4.78 is 15.9. The van der Waals surface area contributed by atoms with E-state index in [0.29, 0.717) is 39.6 Å². The third kappa shape index (κ3) is 15.3. The number of carbonyl (C=O) groups is 1. The van der Waals surface area contributed by atoms with E-state index in [1.54, 1.807) is 0 Å². The van der Waals surface area contributed by atoms with Crippen LogP contribution >= 0.6 is 0 Å². The number of carbonyl (C=O) groups excluding carboxylic acids is 1. The molecular formula is C12H26N2O4. The van der Waals surface area contributed by atoms with Crippen LogP contribution in [-0.2, 0) is 19.0 Å². The minimum Gasteiger partial charge on any atom is -0.379 e. The van der Waals surface area contributed by atoms with E-state index in [1.165, 1.54) is 6.92 Å². The lowest BCUT2D eigenvalue weighted by molar-refractivity contribution is -0.119. The highest BCUT2D eigenvalue weighted by Crippen LogP contribution is 1.83. The summed E-state index contributed by atoms with van der Waals surface area (Å²) in [6, 6.07) is 0. The summed E-state index contributed by atoms with van der Waals surface area (Å²) in [5.41, 5.74) is 0. The molecule has 0 aliphatic heterocycles. The van der Waals surface area contributed by atoms with E-state index in [0.717, 1.165) is 19.6 Å². The van der Waals surface area contributed by atoms with Gasteiger partial charge in [-0.05, 0) is 20.0 Å². The Kier molecular flexibility index (Phi) is 13.8. The number of nitrogens with one attached hydrogen (secondary N) is 2. The maximum absolute atomic E-state index is 10.5. The Morgan fingerprint density at radius 2 is 1.44 bits per heavy atom. The minimum atomic E-state index is -0.0368. The summed E-state index contributed by atoms with van der Waals surface area (Å²) >= 11 is 0. The zero-order valence-corrected chi connectivity index (χ0v) is 11.5. The number of rotatable bonds is 13. The molecular weight excluding hydrogens is 236 g/mol. The van der Waals surface area contributed by atoms with E-state index in [4.69, 9.17) is 14.2 Å². The Labute approximate surface area is 109 Å². The van der Waals surface area contributed by atoms with Crippen LogP contribution in [0.4, 0.5) is 0 Å². The van der Waals surface area contributed by atoms with Crippen molar-refractivity contribution in [3.63, 3.8) is 0 Å². The first-order chi connectivity index (χ1) is 8.77. The van der Waals surface area contributed by atoms with Gasteiger partial charge in [-0.2, -0.15) is 0 Å². The lowest BCUT2D eigenvalue weighted by Crippen LogP contribution is -2.25. The Bertz CT molecular complexity index is 191. The van der Waals surface area contributed by atoms with Crippen LogP contribution in [0.3, 0.4) is 0 Å². The average Bonchev–Trinajstić information content (AvgIpc) is 2.34. The first kappa shape index (κ1) is 17.3. The summed E-state index contributed by atoms with van der Waals surface area (Å²) in [5, 5.41) is 5.71. The first-order valence-corrected chi connectivity index (χ1v) is 6.39. The molecule has 0 fully saturated rings. The highest BCUT2D eigenvalue weighted by atomic mass is 16.5. The second-order valence-electron chi connectivity index (χ2n) is 3.78. The van der Waals surface area contributed by atoms with Gasteiger partial charge in [0, 0.05) is 20.1 Å². The van der Waals surface area contributed by atoms with Crippen molar-refractivity contribution in [3.05, 3.63) is 0 Å². The molecule has 0 aliphatic rings. The highest BCUT2D eigenvalue weighted by molar-refractivity contribution is 5.72. The van der Waals surface area contributed by atoms with Gasteiger partial charge in [0.2, 0.25) is 5.91 Å². The van der Waals surface area contributed by atoms with Gasteiger partial charge >= 0.3 is 0 Å². The molecule has 0 bridgehead atoms. The molecule has 2 N–H and O–H groups in total. The van der Waals surface area contributed by atoms with Crippen molar-refractivity contribution < 1.29 is 19.0 Å². The van der Waals surface area contributed by atoms with Crippen LogP contribution < -0.4 is 10.6 Å². The van der Waals surface area contributed by atoms with Gasteiger partial charge in [-0.3, -0.25) is 4.79 Å². The Balaban J connectivity index is 2.92. The van der Waals surface area contributed by atoms with Gasteiger partial charge in [0.25, 0.3) is 0 Å². The van der Waals surface area contributed by atoms with Crippen LogP contribution in [0.15, 0.2) is 0 Å². The van der Waals surface area contributed by atoms with Gasteiger partial charge in [0.15, 0.2) is 0 Å². The smallest absolute Gasteiger partial charge is 0.216 e. The predicted octanol–water partition coefficient (Wildman–Crippen LogP) is -0.218. The molecule has 0 heterocycles. The van der Waals surface area contributed by atoms with Crippen LogP contribution in [0.5, 0.6) is 0 Å². The molecule has 0 unspecified atom stereocenters. The van der Waals surface area contributed by atoms with E-state index in [2.05, 4.69) is 10.6 Å². The number of hydrogen-bond acceptors (Lipinski definition) is 5. The fraction of sp³-hybridized carbons (Fsp3) is 0.917. The molecule has 108 valence electrons. The molecule has 0 aromatic rings. The van der Waals surface area contributed by atoms with Gasteiger partial charge in [0.1, 0.15) is 0 Å². The molecule has 6 nitrogen and oxygen atoms in total. The normalized spacial score (nSPS) is 10.6. The molecule has 0 saturated carbocycles. The van der Waals surface area contributed by atoms with Crippen LogP contribution in [0.25, 0.3) is 0 Å². The summed E-state index contributed by atoms with van der Waals surface area (Å²) in [6.45, 7) is 6.59. The maximum atomic E-state index is 10.5. The van der Waals surface area contributed by atoms with Crippen molar-refractivity contribution in [1.29, 1.82) is 0 Å². The molecule has 0 radical (unpaired) electrons. The van der Waals surface area contributed by atoms with Crippen molar-refractivity contribution >= 4 is 5.91 Å². The fourth-order valence-electron chi connectivity index (χ4n) is 1.19. The molecule has 0 rings (SSSR count). The number of ether oxygens (including phenoxy) is 3. The molecule has 0 aliphatic carbocycles. The third-order valence-electron chi connectivity index (χ3n) is 2.08. The van der Waals surface area contributed by atoms with Gasteiger partial charge in [0.05, 0.1) is 33.0 Å². The van der Waals surface area contributed by atoms with Crippen LogP contribution in [0.1, 0.15) is 13.3 Å². The number of hydrogen-bond donors (Lipinski definition) is 2. The summed E-state index contributed by atoms with van der Waals surface area (Å²) in [7, 11) is 1.93. The lowest BCUT2D eigenvalue weighted by atomic mass is 10.4. The topological polar surface area (TPSA) is 68.8 Å². The SMILES string of the molecule is CNCCCOCCOCCOCCNC(C)=O. The second-order valence-corrected chi connectivity index (χ2v) is 3.78. The first-order valence-electron chi connectivity index (χ1n) is 6.39. The van der Waals surface area contributed by atoms with Crippen molar-refractivity contribution in [2.45, 2.75) is 13.3 Å². The monoisotopic (exact) mass is 262 g/mol. The van der Waals surface area contributed by atoms with Crippen LogP contribution in [-0.4, -0.2) is 65.7 Å². The van der Waals surface area contributed by atoms with E-state index in [1.807, 2.05) is 7.05 Å². The van der Waals surface area contributed by atoms with Crippen molar-refractivity contribution in [1.82, 2.24) is 10.6 Å². The third-order valence-corrected chi connectivity index (χ3v) is 2.08. The van der Waals surface area contributed by atoms with Gasteiger partial charge in [-0.1, -0.05) is 0 Å². The summed E-state index contributed by atoms with van der Waals surface area (Å²) in [4.78, 5) is 10.5. The van der Waals surface area contributed by atoms with Gasteiger partial charge < -0.3 is 24.8 Å². The molecule has 1 amide bonds. The average molecular weight is 262 g/mol. The van der Waals surface area contributed by atoms with Crippen molar-refractivity contribution in [3.8, 4) is 0 Å². The van der Waals surface area contributed by atoms with E-state index < -0.39 is 0 Å². The Morgan fingerprint density at radius 1 is 0.889 bits per heavy atom. The molecule has 0 atom stereocenters. The Hall–Kier alpha value is -0.690. The van der Waals surface area contributed by atoms with Crippen LogP contribution in [0.2, 0.25) is 0 Å². The molecule has 0 saturated heterocycles. The summed E-state index contributed by atoms with van der Waals surface area (Å²) in [5.74, 6) is -0.0368. The minimum absolute atomic E-state index is 0.0368. The second kappa shape index (κ2) is 14.4. The zero-order valence-electron chi connectivity index (χ0n) is 11.5. The summed E-state index contributed by atoms with van der Waals surface area (Å²) in [6.07, 6.45) is 1.02. The molecule has 18 heavy (non-hydrogen) atoms. The molecule has 6 heteroatoms.